The van der Waals surface area contributed by atoms with Crippen molar-refractivity contribution in [3.8, 4) is 17.1 Å². The minimum atomic E-state index is -0.381. The number of carbonyl (C=O) groups is 2. The Hall–Kier alpha value is -4.40. The highest BCUT2D eigenvalue weighted by atomic mass is 16.5. The number of aryl methyl sites for hydroxylation is 2. The first-order valence-corrected chi connectivity index (χ1v) is 11.0. The number of aromatic nitrogens is 3. The predicted molar refractivity (Wildman–Crippen MR) is 126 cm³/mol. The maximum Gasteiger partial charge on any atom is 0.263 e. The summed E-state index contributed by atoms with van der Waals surface area (Å²) in [7, 11) is 0. The van der Waals surface area contributed by atoms with Gasteiger partial charge >= 0.3 is 0 Å². The highest BCUT2D eigenvalue weighted by Gasteiger charge is 2.27. The number of Topliss-reactive ketones (excluding diaryl/α,β-unsaturated/α-hetero) is 1. The fourth-order valence-electron chi connectivity index (χ4n) is 3.99. The van der Waals surface area contributed by atoms with Gasteiger partial charge in [-0.05, 0) is 49.2 Å². The van der Waals surface area contributed by atoms with Crippen molar-refractivity contribution in [3.63, 3.8) is 0 Å². The average molecular weight is 457 g/mol. The number of anilines is 3. The van der Waals surface area contributed by atoms with Crippen molar-refractivity contribution in [1.29, 1.82) is 0 Å². The Morgan fingerprint density at radius 1 is 1.18 bits per heavy atom. The largest absolute Gasteiger partial charge is 0.465 e. The summed E-state index contributed by atoms with van der Waals surface area (Å²) in [6, 6.07) is 14.9. The van der Waals surface area contributed by atoms with Crippen molar-refractivity contribution in [2.45, 2.75) is 26.2 Å². The van der Waals surface area contributed by atoms with Crippen molar-refractivity contribution < 1.29 is 18.8 Å². The van der Waals surface area contributed by atoms with Gasteiger partial charge in [0.25, 0.3) is 11.8 Å². The van der Waals surface area contributed by atoms with Crippen LogP contribution in [0.25, 0.3) is 11.3 Å². The Kier molecular flexibility index (Phi) is 5.82. The van der Waals surface area contributed by atoms with Gasteiger partial charge in [-0.15, -0.1) is 0 Å². The number of ether oxygens (including phenoxy) is 1. The van der Waals surface area contributed by atoms with E-state index in [0.717, 1.165) is 41.2 Å². The van der Waals surface area contributed by atoms with Gasteiger partial charge in [0.05, 0.1) is 16.9 Å². The van der Waals surface area contributed by atoms with Crippen molar-refractivity contribution >= 4 is 28.9 Å². The number of rotatable bonds is 7. The summed E-state index contributed by atoms with van der Waals surface area (Å²) < 4.78 is 10.3. The fraction of sp³-hybridized carbons (Fsp3) is 0.200. The molecule has 3 N–H and O–H groups in total. The van der Waals surface area contributed by atoms with Crippen molar-refractivity contribution in [3.05, 3.63) is 71.7 Å². The van der Waals surface area contributed by atoms with Gasteiger partial charge in [-0.2, -0.15) is 0 Å². The van der Waals surface area contributed by atoms with Gasteiger partial charge in [-0.1, -0.05) is 18.2 Å². The first kappa shape index (κ1) is 21.4. The molecule has 34 heavy (non-hydrogen) atoms. The van der Waals surface area contributed by atoms with Crippen LogP contribution in [0.4, 0.5) is 17.2 Å². The molecule has 1 aromatic carbocycles. The fourth-order valence-corrected chi connectivity index (χ4v) is 3.99. The number of nitrogens with one attached hydrogen (secondary N) is 3. The number of benzene rings is 1. The van der Waals surface area contributed by atoms with E-state index >= 15 is 0 Å². The molecule has 172 valence electrons. The number of ketones is 1. The molecular formula is C25H23N5O4. The number of pyridine rings is 1. The number of fused-ring (bicyclic) bond motifs is 1. The Balaban J connectivity index is 1.40. The van der Waals surface area contributed by atoms with Crippen LogP contribution in [0.15, 0.2) is 59.3 Å². The SMILES string of the molecule is Cc1cc(OCC(=O)Nc2cc(-c3[nH]c4c(c3Nc3ccccc3)C(=O)CCC4)ccn2)no1. The third-order valence-electron chi connectivity index (χ3n) is 5.50. The third-order valence-corrected chi connectivity index (χ3v) is 5.50. The first-order valence-electron chi connectivity index (χ1n) is 11.0. The highest BCUT2D eigenvalue weighted by Crippen LogP contribution is 2.39. The quantitative estimate of drug-likeness (QED) is 0.369. The van der Waals surface area contributed by atoms with Crippen LogP contribution >= 0.6 is 0 Å². The van der Waals surface area contributed by atoms with E-state index in [2.05, 4.69) is 25.8 Å². The number of hydrogen-bond acceptors (Lipinski definition) is 7. The van der Waals surface area contributed by atoms with Crippen LogP contribution in [-0.4, -0.2) is 33.4 Å². The van der Waals surface area contributed by atoms with Crippen LogP contribution in [0, 0.1) is 6.92 Å². The minimum absolute atomic E-state index is 0.116. The molecule has 3 aromatic heterocycles. The van der Waals surface area contributed by atoms with E-state index < -0.39 is 0 Å². The van der Waals surface area contributed by atoms with Crippen LogP contribution in [0.2, 0.25) is 0 Å². The lowest BCUT2D eigenvalue weighted by Gasteiger charge is -2.14. The molecule has 0 aliphatic heterocycles. The second kappa shape index (κ2) is 9.22. The maximum atomic E-state index is 12.8. The molecule has 1 aliphatic rings. The second-order valence-corrected chi connectivity index (χ2v) is 8.04. The van der Waals surface area contributed by atoms with E-state index in [-0.39, 0.29) is 24.2 Å². The number of nitrogens with zero attached hydrogens (tertiary/aromatic N) is 2. The molecule has 9 nitrogen and oxygen atoms in total. The number of para-hydroxylation sites is 1. The molecule has 5 rings (SSSR count). The van der Waals surface area contributed by atoms with Crippen molar-refractivity contribution in [2.75, 3.05) is 17.2 Å². The molecule has 9 heteroatoms. The molecule has 1 aliphatic carbocycles. The van der Waals surface area contributed by atoms with E-state index in [1.54, 1.807) is 25.3 Å². The predicted octanol–water partition coefficient (Wildman–Crippen LogP) is 4.65. The topological polar surface area (TPSA) is 122 Å². The summed E-state index contributed by atoms with van der Waals surface area (Å²) in [5.74, 6) is 0.940. The summed E-state index contributed by atoms with van der Waals surface area (Å²) in [4.78, 5) is 32.8. The van der Waals surface area contributed by atoms with Crippen LogP contribution in [0.5, 0.6) is 5.88 Å². The smallest absolute Gasteiger partial charge is 0.263 e. The molecule has 3 heterocycles. The number of hydrogen-bond donors (Lipinski definition) is 3. The van der Waals surface area contributed by atoms with E-state index in [4.69, 9.17) is 9.26 Å². The summed E-state index contributed by atoms with van der Waals surface area (Å²) in [6.45, 7) is 1.51. The Morgan fingerprint density at radius 3 is 2.82 bits per heavy atom. The summed E-state index contributed by atoms with van der Waals surface area (Å²) in [5.41, 5.74) is 4.80. The van der Waals surface area contributed by atoms with Crippen LogP contribution < -0.4 is 15.4 Å². The van der Waals surface area contributed by atoms with E-state index in [1.807, 2.05) is 36.4 Å². The molecule has 1 amide bonds. The lowest BCUT2D eigenvalue weighted by Crippen LogP contribution is -2.20. The summed E-state index contributed by atoms with van der Waals surface area (Å²) >= 11 is 0. The molecule has 0 radical (unpaired) electrons. The number of H-pyrrole nitrogens is 1. The molecule has 0 atom stereocenters. The molecular weight excluding hydrogens is 434 g/mol. The van der Waals surface area contributed by atoms with Gasteiger partial charge in [-0.3, -0.25) is 9.59 Å². The lowest BCUT2D eigenvalue weighted by atomic mass is 9.95. The van der Waals surface area contributed by atoms with Crippen LogP contribution in [0.1, 0.15) is 34.7 Å². The zero-order valence-electron chi connectivity index (χ0n) is 18.6. The van der Waals surface area contributed by atoms with Gasteiger partial charge in [0, 0.05) is 35.6 Å². The van der Waals surface area contributed by atoms with Crippen LogP contribution in [-0.2, 0) is 11.2 Å². The monoisotopic (exact) mass is 457 g/mol. The summed E-state index contributed by atoms with van der Waals surface area (Å²) in [6.07, 6.45) is 3.76. The Bertz CT molecular complexity index is 1340. The molecule has 0 unspecified atom stereocenters. The third kappa shape index (κ3) is 4.54. The average Bonchev–Trinajstić information content (AvgIpc) is 3.43. The molecule has 0 spiro atoms. The van der Waals surface area contributed by atoms with Crippen molar-refractivity contribution in [2.24, 2.45) is 0 Å². The van der Waals surface area contributed by atoms with E-state index in [1.165, 1.54) is 0 Å². The van der Waals surface area contributed by atoms with Gasteiger partial charge in [0.2, 0.25) is 0 Å². The zero-order chi connectivity index (χ0) is 23.5. The second-order valence-electron chi connectivity index (χ2n) is 8.04. The Morgan fingerprint density at radius 2 is 2.03 bits per heavy atom. The molecule has 4 aromatic rings. The zero-order valence-corrected chi connectivity index (χ0v) is 18.6. The van der Waals surface area contributed by atoms with Crippen molar-refractivity contribution in [1.82, 2.24) is 15.1 Å². The minimum Gasteiger partial charge on any atom is -0.465 e. The number of amides is 1. The highest BCUT2D eigenvalue weighted by molar-refractivity contribution is 6.07. The van der Waals surface area contributed by atoms with Gasteiger partial charge < -0.3 is 24.9 Å². The number of aromatic amines is 1. The van der Waals surface area contributed by atoms with E-state index in [0.29, 0.717) is 23.6 Å². The van der Waals surface area contributed by atoms with Crippen LogP contribution in [0.3, 0.4) is 0 Å². The first-order chi connectivity index (χ1) is 16.6. The molecule has 0 bridgehead atoms. The van der Waals surface area contributed by atoms with Gasteiger partial charge in [0.15, 0.2) is 12.4 Å². The molecule has 0 saturated carbocycles. The van der Waals surface area contributed by atoms with Gasteiger partial charge in [0.1, 0.15) is 11.6 Å². The van der Waals surface area contributed by atoms with Gasteiger partial charge in [-0.25, -0.2) is 4.98 Å². The molecule has 0 saturated heterocycles. The van der Waals surface area contributed by atoms with E-state index in [9.17, 15) is 9.59 Å². The standard InChI is InChI=1S/C25H23N5O4/c1-15-12-22(30-34-15)33-14-21(32)29-20-13-16(10-11-26-20)24-25(27-17-6-3-2-4-7-17)23-18(28-24)8-5-9-19(23)31/h2-4,6-7,10-13,27-28H,5,8-9,14H2,1H3,(H,26,29,32). The summed E-state index contributed by atoms with van der Waals surface area (Å²) in [5, 5.41) is 9.85. The molecule has 0 fully saturated rings. The maximum absolute atomic E-state index is 12.8. The Labute approximate surface area is 195 Å². The lowest BCUT2D eigenvalue weighted by molar-refractivity contribution is -0.118. The number of carbonyl (C=O) groups excluding carboxylic acids is 2. The normalized spacial score (nSPS) is 12.8.